The Balaban J connectivity index is 1.95. The van der Waals surface area contributed by atoms with Crippen LogP contribution >= 0.6 is 0 Å². The highest BCUT2D eigenvalue weighted by molar-refractivity contribution is 5.94. The molecule has 1 N–H and O–H groups in total. The lowest BCUT2D eigenvalue weighted by Crippen LogP contribution is -2.51. The van der Waals surface area contributed by atoms with Gasteiger partial charge in [-0.15, -0.1) is 0 Å². The van der Waals surface area contributed by atoms with E-state index in [4.69, 9.17) is 4.74 Å². The van der Waals surface area contributed by atoms with Crippen LogP contribution in [0.2, 0.25) is 0 Å². The smallest absolute Gasteiger partial charge is 0.254 e. The lowest BCUT2D eigenvalue weighted by atomic mass is 10.2. The zero-order chi connectivity index (χ0) is 14.5. The topological polar surface area (TPSA) is 82.7 Å². The minimum Gasteiger partial charge on any atom is -0.375 e. The van der Waals surface area contributed by atoms with Gasteiger partial charge < -0.3 is 19.5 Å². The van der Waals surface area contributed by atoms with E-state index in [1.807, 2.05) is 0 Å². The number of hydrogen-bond donors (Lipinski definition) is 1. The van der Waals surface area contributed by atoms with Gasteiger partial charge in [0.1, 0.15) is 6.61 Å². The van der Waals surface area contributed by atoms with Crippen LogP contribution in [-0.2, 0) is 9.53 Å². The average molecular weight is 279 g/mol. The number of aromatic nitrogens is 1. The standard InChI is InChI=1S/C13H17N3O4/c1-20-9-12(18)15-4-6-16(7-5-15)13(19)10-2-3-14-11(17)8-10/h2-3,8H,4-7,9H2,1H3,(H,14,17). The van der Waals surface area contributed by atoms with Crippen molar-refractivity contribution in [2.45, 2.75) is 0 Å². The van der Waals surface area contributed by atoms with Crippen molar-refractivity contribution in [2.24, 2.45) is 0 Å². The first-order chi connectivity index (χ1) is 9.61. The van der Waals surface area contributed by atoms with E-state index in [2.05, 4.69) is 4.98 Å². The molecule has 0 aliphatic carbocycles. The van der Waals surface area contributed by atoms with E-state index in [9.17, 15) is 14.4 Å². The molecule has 20 heavy (non-hydrogen) atoms. The number of carbonyl (C=O) groups is 2. The summed E-state index contributed by atoms with van der Waals surface area (Å²) < 4.78 is 4.80. The van der Waals surface area contributed by atoms with Gasteiger partial charge in [0.2, 0.25) is 11.5 Å². The van der Waals surface area contributed by atoms with E-state index in [0.29, 0.717) is 31.7 Å². The average Bonchev–Trinajstić information content (AvgIpc) is 2.47. The van der Waals surface area contributed by atoms with Gasteiger partial charge in [0.15, 0.2) is 0 Å². The molecule has 0 atom stereocenters. The van der Waals surface area contributed by atoms with Crippen molar-refractivity contribution in [3.05, 3.63) is 34.2 Å². The minimum absolute atomic E-state index is 0.0575. The summed E-state index contributed by atoms with van der Waals surface area (Å²) in [6.07, 6.45) is 1.45. The maximum absolute atomic E-state index is 12.2. The van der Waals surface area contributed by atoms with Gasteiger partial charge in [0.25, 0.3) is 5.91 Å². The molecule has 1 aromatic heterocycles. The zero-order valence-electron chi connectivity index (χ0n) is 11.3. The van der Waals surface area contributed by atoms with Gasteiger partial charge in [0.05, 0.1) is 0 Å². The van der Waals surface area contributed by atoms with Crippen molar-refractivity contribution < 1.29 is 14.3 Å². The number of pyridine rings is 1. The van der Waals surface area contributed by atoms with E-state index < -0.39 is 0 Å². The highest BCUT2D eigenvalue weighted by atomic mass is 16.5. The van der Waals surface area contributed by atoms with Gasteiger partial charge in [-0.25, -0.2) is 0 Å². The summed E-state index contributed by atoms with van der Waals surface area (Å²) in [6.45, 7) is 1.94. The third-order valence-corrected chi connectivity index (χ3v) is 3.21. The number of ether oxygens (including phenoxy) is 1. The molecule has 1 aliphatic heterocycles. The fourth-order valence-electron chi connectivity index (χ4n) is 2.13. The van der Waals surface area contributed by atoms with Crippen LogP contribution in [0.4, 0.5) is 0 Å². The predicted octanol–water partition coefficient (Wildman–Crippen LogP) is -0.694. The fraction of sp³-hybridized carbons (Fsp3) is 0.462. The minimum atomic E-state index is -0.301. The Bertz CT molecular complexity index is 547. The second-order valence-electron chi connectivity index (χ2n) is 4.55. The van der Waals surface area contributed by atoms with Crippen molar-refractivity contribution in [1.29, 1.82) is 0 Å². The number of hydrogen-bond acceptors (Lipinski definition) is 4. The summed E-state index contributed by atoms with van der Waals surface area (Å²) in [5.41, 5.74) is 0.0650. The Kier molecular flexibility index (Phi) is 4.52. The number of carbonyl (C=O) groups excluding carboxylic acids is 2. The molecule has 1 fully saturated rings. The number of nitrogens with one attached hydrogen (secondary N) is 1. The molecule has 7 heteroatoms. The summed E-state index contributed by atoms with van der Waals surface area (Å²) in [5, 5.41) is 0. The van der Waals surface area contributed by atoms with Crippen LogP contribution in [0.25, 0.3) is 0 Å². The summed E-state index contributed by atoms with van der Waals surface area (Å²) >= 11 is 0. The Labute approximate surface area is 116 Å². The summed E-state index contributed by atoms with van der Waals surface area (Å²) in [7, 11) is 1.48. The molecular formula is C13H17N3O4. The summed E-state index contributed by atoms with van der Waals surface area (Å²) in [4.78, 5) is 40.8. The van der Waals surface area contributed by atoms with Gasteiger partial charge in [-0.3, -0.25) is 14.4 Å². The number of rotatable bonds is 3. The number of piperazine rings is 1. The van der Waals surface area contributed by atoms with E-state index in [0.717, 1.165) is 0 Å². The first-order valence-corrected chi connectivity index (χ1v) is 6.36. The third kappa shape index (κ3) is 3.24. The number of methoxy groups -OCH3 is 1. The van der Waals surface area contributed by atoms with E-state index >= 15 is 0 Å². The Morgan fingerprint density at radius 3 is 2.50 bits per heavy atom. The van der Waals surface area contributed by atoms with Gasteiger partial charge in [-0.2, -0.15) is 0 Å². The van der Waals surface area contributed by atoms with E-state index in [1.54, 1.807) is 15.9 Å². The summed E-state index contributed by atoms with van der Waals surface area (Å²) in [5.74, 6) is -0.259. The molecule has 2 amide bonds. The van der Waals surface area contributed by atoms with Gasteiger partial charge in [-0.1, -0.05) is 0 Å². The van der Waals surface area contributed by atoms with Crippen LogP contribution in [-0.4, -0.2) is 66.5 Å². The maximum atomic E-state index is 12.2. The number of aromatic amines is 1. The Hall–Kier alpha value is -2.15. The van der Waals surface area contributed by atoms with Crippen molar-refractivity contribution in [3.63, 3.8) is 0 Å². The van der Waals surface area contributed by atoms with Crippen LogP contribution in [0.3, 0.4) is 0 Å². The Morgan fingerprint density at radius 2 is 1.90 bits per heavy atom. The van der Waals surface area contributed by atoms with E-state index in [1.165, 1.54) is 19.4 Å². The van der Waals surface area contributed by atoms with Crippen molar-refractivity contribution in [3.8, 4) is 0 Å². The zero-order valence-corrected chi connectivity index (χ0v) is 11.3. The van der Waals surface area contributed by atoms with Gasteiger partial charge in [0, 0.05) is 51.1 Å². The first kappa shape index (κ1) is 14.3. The monoisotopic (exact) mass is 279 g/mol. The molecule has 0 unspecified atom stereocenters. The maximum Gasteiger partial charge on any atom is 0.254 e. The number of nitrogens with zero attached hydrogens (tertiary/aromatic N) is 2. The highest BCUT2D eigenvalue weighted by Gasteiger charge is 2.24. The molecule has 1 saturated heterocycles. The molecule has 108 valence electrons. The SMILES string of the molecule is COCC(=O)N1CCN(C(=O)c2cc[nH]c(=O)c2)CC1. The molecular weight excluding hydrogens is 262 g/mol. The van der Waals surface area contributed by atoms with E-state index in [-0.39, 0.29) is 24.0 Å². The molecule has 0 radical (unpaired) electrons. The summed E-state index contributed by atoms with van der Waals surface area (Å²) in [6, 6.07) is 2.86. The lowest BCUT2D eigenvalue weighted by Gasteiger charge is -2.34. The molecule has 1 aliphatic rings. The molecule has 0 aromatic carbocycles. The van der Waals surface area contributed by atoms with Crippen LogP contribution in [0, 0.1) is 0 Å². The molecule has 0 bridgehead atoms. The second-order valence-corrected chi connectivity index (χ2v) is 4.55. The van der Waals surface area contributed by atoms with Crippen LogP contribution in [0.1, 0.15) is 10.4 Å². The molecule has 2 rings (SSSR count). The quantitative estimate of drug-likeness (QED) is 0.793. The van der Waals surface area contributed by atoms with Crippen molar-refractivity contribution >= 4 is 11.8 Å². The van der Waals surface area contributed by atoms with Crippen molar-refractivity contribution in [1.82, 2.24) is 14.8 Å². The fourth-order valence-corrected chi connectivity index (χ4v) is 2.13. The number of H-pyrrole nitrogens is 1. The lowest BCUT2D eigenvalue weighted by molar-refractivity contribution is -0.136. The predicted molar refractivity (Wildman–Crippen MR) is 71.4 cm³/mol. The molecule has 1 aromatic rings. The van der Waals surface area contributed by atoms with Crippen molar-refractivity contribution in [2.75, 3.05) is 39.9 Å². The molecule has 2 heterocycles. The normalized spacial score (nSPS) is 15.2. The first-order valence-electron chi connectivity index (χ1n) is 6.36. The molecule has 7 nitrogen and oxygen atoms in total. The van der Waals surface area contributed by atoms with Crippen LogP contribution < -0.4 is 5.56 Å². The van der Waals surface area contributed by atoms with Gasteiger partial charge in [-0.05, 0) is 6.07 Å². The highest BCUT2D eigenvalue weighted by Crippen LogP contribution is 2.07. The number of amides is 2. The Morgan fingerprint density at radius 1 is 1.25 bits per heavy atom. The second kappa shape index (κ2) is 6.33. The molecule has 0 saturated carbocycles. The third-order valence-electron chi connectivity index (χ3n) is 3.21. The van der Waals surface area contributed by atoms with Gasteiger partial charge >= 0.3 is 0 Å². The van der Waals surface area contributed by atoms with Crippen LogP contribution in [0.5, 0.6) is 0 Å². The van der Waals surface area contributed by atoms with Crippen LogP contribution in [0.15, 0.2) is 23.1 Å². The largest absolute Gasteiger partial charge is 0.375 e. The molecule has 0 spiro atoms.